The second-order valence-electron chi connectivity index (χ2n) is 10.8. The van der Waals surface area contributed by atoms with Gasteiger partial charge < -0.3 is 28.9 Å². The van der Waals surface area contributed by atoms with E-state index in [4.69, 9.17) is 13.9 Å². The van der Waals surface area contributed by atoms with Crippen LogP contribution < -0.4 is 10.5 Å². The lowest BCUT2D eigenvalue weighted by molar-refractivity contribution is 0.0117. The van der Waals surface area contributed by atoms with Crippen LogP contribution in [0.2, 0.25) is 0 Å². The number of carbonyl (C=O) groups excluding carboxylic acids is 1. The van der Waals surface area contributed by atoms with Gasteiger partial charge in [-0.2, -0.15) is 3.97 Å². The minimum atomic E-state index is -3.95. The van der Waals surface area contributed by atoms with Crippen LogP contribution in [0, 0.1) is 0 Å². The maximum atomic E-state index is 13.0. The fourth-order valence-corrected chi connectivity index (χ4v) is 5.44. The quantitative estimate of drug-likeness (QED) is 0.275. The Morgan fingerprint density at radius 1 is 1.07 bits per heavy atom. The molecule has 3 aromatic carbocycles. The minimum Gasteiger partial charge on any atom is -0.492 e. The van der Waals surface area contributed by atoms with Crippen LogP contribution in [0.3, 0.4) is 0 Å². The van der Waals surface area contributed by atoms with Crippen LogP contribution in [-0.2, 0) is 14.8 Å². The number of rotatable bonds is 8. The van der Waals surface area contributed by atoms with Gasteiger partial charge in [-0.1, -0.05) is 24.3 Å². The summed E-state index contributed by atoms with van der Waals surface area (Å²) in [4.78, 5) is 29.8. The number of aliphatic hydroxyl groups excluding tert-OH is 1. The predicted octanol–water partition coefficient (Wildman–Crippen LogP) is 4.39. The Labute approximate surface area is 235 Å². The summed E-state index contributed by atoms with van der Waals surface area (Å²) in [6, 6.07) is 18.0. The van der Waals surface area contributed by atoms with Crippen LogP contribution >= 0.6 is 0 Å². The van der Waals surface area contributed by atoms with Crippen molar-refractivity contribution < 1.29 is 32.2 Å². The molecule has 216 valence electrons. The zero-order valence-electron chi connectivity index (χ0n) is 23.1. The maximum absolute atomic E-state index is 13.0. The summed E-state index contributed by atoms with van der Waals surface area (Å²) in [5.74, 6) is -0.440. The maximum Gasteiger partial charge on any atom is 0.434 e. The summed E-state index contributed by atoms with van der Waals surface area (Å²) in [5.41, 5.74) is 1.50. The molecule has 1 amide bonds. The van der Waals surface area contributed by atoms with E-state index in [2.05, 4.69) is 4.98 Å². The van der Waals surface area contributed by atoms with Crippen LogP contribution in [0.1, 0.15) is 32.4 Å². The lowest BCUT2D eigenvalue weighted by atomic mass is 10.1. The Balaban J connectivity index is 1.34. The number of H-pyrrole nitrogens is 1. The summed E-state index contributed by atoms with van der Waals surface area (Å²) >= 11 is 0. The number of para-hydroxylation sites is 1. The minimum absolute atomic E-state index is 0.00595. The van der Waals surface area contributed by atoms with Crippen LogP contribution in [0.15, 0.2) is 69.9 Å². The number of nitrogens with one attached hydrogen (secondary N) is 1. The van der Waals surface area contributed by atoms with E-state index in [1.165, 1.54) is 23.1 Å². The largest absolute Gasteiger partial charge is 0.492 e. The van der Waals surface area contributed by atoms with Gasteiger partial charge in [-0.05, 0) is 56.7 Å². The summed E-state index contributed by atoms with van der Waals surface area (Å²) in [6.45, 7) is 5.26. The zero-order chi connectivity index (χ0) is 29.5. The average Bonchev–Trinajstić information content (AvgIpc) is 3.42. The zero-order valence-corrected chi connectivity index (χ0v) is 23.9. The Hall–Kier alpha value is -4.29. The molecule has 0 bridgehead atoms. The van der Waals surface area contributed by atoms with Crippen LogP contribution in [-0.4, -0.2) is 65.0 Å². The van der Waals surface area contributed by atoms with Gasteiger partial charge in [-0.15, -0.1) is 0 Å². The predicted molar refractivity (Wildman–Crippen MR) is 155 cm³/mol. The molecule has 0 spiro atoms. The molecule has 0 aliphatic carbocycles. The molecule has 2 heterocycles. The van der Waals surface area contributed by atoms with Crippen LogP contribution in [0.5, 0.6) is 5.75 Å². The number of hydrogen-bond acceptors (Lipinski definition) is 8. The fraction of sp³-hybridized carbons (Fsp3) is 0.310. The van der Waals surface area contributed by atoms with E-state index in [0.29, 0.717) is 9.72 Å². The van der Waals surface area contributed by atoms with Crippen molar-refractivity contribution in [2.45, 2.75) is 32.5 Å². The number of oxazole rings is 1. The lowest BCUT2D eigenvalue weighted by Gasteiger charge is -2.29. The molecule has 11 nitrogen and oxygen atoms in total. The first-order valence-corrected chi connectivity index (χ1v) is 14.8. The van der Waals surface area contributed by atoms with Gasteiger partial charge in [0.05, 0.1) is 31.0 Å². The number of carbonyl (C=O) groups is 1. The molecule has 2 N–H and O–H groups in total. The Bertz CT molecular complexity index is 1910. The van der Waals surface area contributed by atoms with E-state index in [1.807, 2.05) is 42.5 Å². The highest BCUT2D eigenvalue weighted by molar-refractivity contribution is 7.89. The van der Waals surface area contributed by atoms with Crippen molar-refractivity contribution in [2.75, 3.05) is 26.0 Å². The lowest BCUT2D eigenvalue weighted by Crippen LogP contribution is -2.41. The molecule has 0 unspecified atom stereocenters. The molecule has 41 heavy (non-hydrogen) atoms. The van der Waals surface area contributed by atoms with Gasteiger partial charge in [-0.25, -0.2) is 18.0 Å². The van der Waals surface area contributed by atoms with Crippen LogP contribution in [0.4, 0.5) is 4.79 Å². The SMILES string of the molecule is CC(C)(C)OC(=O)N(CCOc1ccc2c(c1)[nH]c1ccccc12)C[C@H](O)c1ccc2oc(=O)n(S(C)(=O)=O)c2c1. The summed E-state index contributed by atoms with van der Waals surface area (Å²) in [5, 5.41) is 13.2. The third-order valence-electron chi connectivity index (χ3n) is 6.43. The highest BCUT2D eigenvalue weighted by Gasteiger charge is 2.26. The molecule has 1 atom stereocenters. The molecule has 0 saturated carbocycles. The first kappa shape index (κ1) is 28.2. The molecule has 0 aliphatic rings. The van der Waals surface area contributed by atoms with Gasteiger partial charge in [0.25, 0.3) is 0 Å². The van der Waals surface area contributed by atoms with Gasteiger partial charge in [0, 0.05) is 22.4 Å². The van der Waals surface area contributed by atoms with Crippen molar-refractivity contribution in [1.82, 2.24) is 13.9 Å². The van der Waals surface area contributed by atoms with Crippen LogP contribution in [0.25, 0.3) is 32.9 Å². The molecule has 5 rings (SSSR count). The normalized spacial score (nSPS) is 13.1. The highest BCUT2D eigenvalue weighted by Crippen LogP contribution is 2.28. The van der Waals surface area contributed by atoms with E-state index >= 15 is 0 Å². The van der Waals surface area contributed by atoms with Crippen molar-refractivity contribution >= 4 is 49.0 Å². The van der Waals surface area contributed by atoms with Crippen molar-refractivity contribution in [3.05, 3.63) is 76.8 Å². The number of amides is 1. The van der Waals surface area contributed by atoms with Gasteiger partial charge in [-0.3, -0.25) is 0 Å². The number of aromatic nitrogens is 2. The molecular formula is C29H31N3O8S. The third kappa shape index (κ3) is 6.08. The number of nitrogens with zero attached hydrogens (tertiary/aromatic N) is 2. The number of aromatic amines is 1. The Kier molecular flexibility index (Phi) is 7.30. The van der Waals surface area contributed by atoms with Crippen molar-refractivity contribution in [1.29, 1.82) is 0 Å². The molecule has 0 radical (unpaired) electrons. The monoisotopic (exact) mass is 581 g/mol. The van der Waals surface area contributed by atoms with E-state index in [0.717, 1.165) is 28.1 Å². The average molecular weight is 582 g/mol. The van der Waals surface area contributed by atoms with Crippen molar-refractivity contribution in [2.24, 2.45) is 0 Å². The second kappa shape index (κ2) is 10.6. The van der Waals surface area contributed by atoms with Gasteiger partial charge in [0.2, 0.25) is 10.0 Å². The molecule has 0 fully saturated rings. The Morgan fingerprint density at radius 2 is 1.80 bits per heavy atom. The van der Waals surface area contributed by atoms with E-state index < -0.39 is 33.6 Å². The standard InChI is InChI=1S/C29H31N3O8S/c1-29(2,3)40-27(34)31(13-14-38-19-10-11-21-20-7-5-6-8-22(20)30-23(21)16-19)17-25(33)18-9-12-26-24(15-18)32(28(35)39-26)41(4,36)37/h5-12,15-16,25,30,33H,13-14,17H2,1-4H3/t25-/m0/s1. The van der Waals surface area contributed by atoms with Gasteiger partial charge in [0.15, 0.2) is 5.58 Å². The first-order chi connectivity index (χ1) is 19.3. The molecule has 2 aromatic heterocycles. The first-order valence-electron chi connectivity index (χ1n) is 13.0. The number of aliphatic hydroxyl groups is 1. The smallest absolute Gasteiger partial charge is 0.434 e. The summed E-state index contributed by atoms with van der Waals surface area (Å²) < 4.78 is 41.3. The molecule has 12 heteroatoms. The highest BCUT2D eigenvalue weighted by atomic mass is 32.2. The summed E-state index contributed by atoms with van der Waals surface area (Å²) in [7, 11) is -3.95. The molecular weight excluding hydrogens is 550 g/mol. The second-order valence-corrected chi connectivity index (χ2v) is 12.6. The summed E-state index contributed by atoms with van der Waals surface area (Å²) in [6.07, 6.45) is -0.997. The van der Waals surface area contributed by atoms with E-state index in [-0.39, 0.29) is 36.4 Å². The number of ether oxygens (including phenoxy) is 2. The topological polar surface area (TPSA) is 144 Å². The third-order valence-corrected chi connectivity index (χ3v) is 7.44. The number of fused-ring (bicyclic) bond motifs is 4. The van der Waals surface area contributed by atoms with Gasteiger partial charge >= 0.3 is 11.8 Å². The number of hydrogen-bond donors (Lipinski definition) is 2. The number of benzene rings is 3. The molecule has 0 aliphatic heterocycles. The molecule has 5 aromatic rings. The van der Waals surface area contributed by atoms with Gasteiger partial charge in [0.1, 0.15) is 23.5 Å². The Morgan fingerprint density at radius 3 is 2.54 bits per heavy atom. The molecule has 0 saturated heterocycles. The van der Waals surface area contributed by atoms with E-state index in [1.54, 1.807) is 20.8 Å². The van der Waals surface area contributed by atoms with E-state index in [9.17, 15) is 23.1 Å². The van der Waals surface area contributed by atoms with Crippen molar-refractivity contribution in [3.63, 3.8) is 0 Å². The van der Waals surface area contributed by atoms with Crippen molar-refractivity contribution in [3.8, 4) is 5.75 Å². The fourth-order valence-electron chi connectivity index (χ4n) is 4.63.